The van der Waals surface area contributed by atoms with Crippen LogP contribution < -0.4 is 10.6 Å². The van der Waals surface area contributed by atoms with E-state index in [4.69, 9.17) is 5.73 Å². The smallest absolute Gasteiger partial charge is 0.146 e. The van der Waals surface area contributed by atoms with Crippen molar-refractivity contribution in [3.63, 3.8) is 0 Å². The topological polar surface area (TPSA) is 29.3 Å². The highest BCUT2D eigenvalue weighted by molar-refractivity contribution is 5.50. The molecule has 1 heterocycles. The molecule has 0 unspecified atom stereocenters. The first-order chi connectivity index (χ1) is 8.08. The van der Waals surface area contributed by atoms with E-state index >= 15 is 0 Å². The molecule has 0 saturated carbocycles. The molecule has 1 aromatic carbocycles. The number of hydrogen-bond donors (Lipinski definition) is 1. The molecule has 17 heavy (non-hydrogen) atoms. The molecule has 1 aromatic rings. The Hall–Kier alpha value is -1.09. The van der Waals surface area contributed by atoms with E-state index in [-0.39, 0.29) is 11.9 Å². The highest BCUT2D eigenvalue weighted by atomic mass is 19.1. The van der Waals surface area contributed by atoms with Gasteiger partial charge < -0.3 is 10.6 Å². The Morgan fingerprint density at radius 3 is 2.47 bits per heavy atom. The Kier molecular flexibility index (Phi) is 3.67. The van der Waals surface area contributed by atoms with Crippen LogP contribution in [0.25, 0.3) is 0 Å². The summed E-state index contributed by atoms with van der Waals surface area (Å²) in [7, 11) is 0. The van der Waals surface area contributed by atoms with Crippen molar-refractivity contribution in [3.8, 4) is 0 Å². The Bertz CT molecular complexity index is 382. The van der Waals surface area contributed by atoms with Crippen LogP contribution >= 0.6 is 0 Å². The molecule has 3 heteroatoms. The van der Waals surface area contributed by atoms with E-state index in [2.05, 4.69) is 18.7 Å². The number of piperidine rings is 1. The number of nitrogens with two attached hydrogens (primary N) is 1. The molecule has 1 saturated heterocycles. The third-order valence-electron chi connectivity index (χ3n) is 3.52. The van der Waals surface area contributed by atoms with Gasteiger partial charge in [-0.3, -0.25) is 0 Å². The number of halogens is 1. The normalized spacial score (nSPS) is 17.8. The summed E-state index contributed by atoms with van der Waals surface area (Å²) in [6.45, 7) is 5.88. The Labute approximate surface area is 103 Å². The minimum absolute atomic E-state index is 0.105. The molecule has 0 spiro atoms. The fraction of sp³-hybridized carbons (Fsp3) is 0.571. The SMILES string of the molecule is CC(C)c1ccc(N2CCC(N)CC2)c(F)c1. The molecular formula is C14H21FN2. The quantitative estimate of drug-likeness (QED) is 0.855. The molecule has 0 radical (unpaired) electrons. The molecule has 0 aliphatic carbocycles. The van der Waals surface area contributed by atoms with E-state index in [9.17, 15) is 4.39 Å². The van der Waals surface area contributed by atoms with Crippen LogP contribution in [0.4, 0.5) is 10.1 Å². The number of benzene rings is 1. The van der Waals surface area contributed by atoms with Crippen molar-refractivity contribution in [2.24, 2.45) is 5.73 Å². The van der Waals surface area contributed by atoms with E-state index in [1.165, 1.54) is 0 Å². The molecule has 94 valence electrons. The van der Waals surface area contributed by atoms with E-state index in [1.807, 2.05) is 12.1 Å². The fourth-order valence-electron chi connectivity index (χ4n) is 2.28. The first-order valence-corrected chi connectivity index (χ1v) is 6.38. The highest BCUT2D eigenvalue weighted by Crippen LogP contribution is 2.26. The third-order valence-corrected chi connectivity index (χ3v) is 3.52. The first-order valence-electron chi connectivity index (χ1n) is 6.38. The number of rotatable bonds is 2. The van der Waals surface area contributed by atoms with E-state index in [0.717, 1.165) is 37.2 Å². The lowest BCUT2D eigenvalue weighted by molar-refractivity contribution is 0.493. The summed E-state index contributed by atoms with van der Waals surface area (Å²) in [4.78, 5) is 2.10. The lowest BCUT2D eigenvalue weighted by atomic mass is 10.0. The average Bonchev–Trinajstić information content (AvgIpc) is 2.30. The lowest BCUT2D eigenvalue weighted by Gasteiger charge is -2.32. The van der Waals surface area contributed by atoms with Crippen LogP contribution in [0.3, 0.4) is 0 Å². The molecule has 0 atom stereocenters. The fourth-order valence-corrected chi connectivity index (χ4v) is 2.28. The van der Waals surface area contributed by atoms with Crippen molar-refractivity contribution >= 4 is 5.69 Å². The minimum atomic E-state index is -0.105. The summed E-state index contributed by atoms with van der Waals surface area (Å²) in [6.07, 6.45) is 1.90. The van der Waals surface area contributed by atoms with Crippen LogP contribution in [0.5, 0.6) is 0 Å². The summed E-state index contributed by atoms with van der Waals surface area (Å²) in [5.74, 6) is 0.264. The summed E-state index contributed by atoms with van der Waals surface area (Å²) in [6, 6.07) is 5.87. The molecule has 2 N–H and O–H groups in total. The molecule has 1 aliphatic heterocycles. The van der Waals surface area contributed by atoms with Gasteiger partial charge in [-0.05, 0) is 36.5 Å². The van der Waals surface area contributed by atoms with Gasteiger partial charge in [0.2, 0.25) is 0 Å². The molecule has 1 fully saturated rings. The van der Waals surface area contributed by atoms with Gasteiger partial charge in [0.1, 0.15) is 5.82 Å². The van der Waals surface area contributed by atoms with E-state index in [1.54, 1.807) is 6.07 Å². The van der Waals surface area contributed by atoms with Crippen LogP contribution in [-0.4, -0.2) is 19.1 Å². The Balaban J connectivity index is 2.16. The number of nitrogens with zero attached hydrogens (tertiary/aromatic N) is 1. The van der Waals surface area contributed by atoms with Gasteiger partial charge in [0.15, 0.2) is 0 Å². The van der Waals surface area contributed by atoms with E-state index in [0.29, 0.717) is 5.92 Å². The summed E-state index contributed by atoms with van der Waals surface area (Å²) >= 11 is 0. The molecular weight excluding hydrogens is 215 g/mol. The summed E-state index contributed by atoms with van der Waals surface area (Å²) in [5, 5.41) is 0. The van der Waals surface area contributed by atoms with Gasteiger partial charge >= 0.3 is 0 Å². The molecule has 0 aromatic heterocycles. The van der Waals surface area contributed by atoms with Gasteiger partial charge in [0, 0.05) is 19.1 Å². The van der Waals surface area contributed by atoms with Gasteiger partial charge in [-0.25, -0.2) is 4.39 Å². The van der Waals surface area contributed by atoms with Crippen molar-refractivity contribution in [2.45, 2.75) is 38.6 Å². The van der Waals surface area contributed by atoms with Crippen LogP contribution in [-0.2, 0) is 0 Å². The van der Waals surface area contributed by atoms with Gasteiger partial charge in [-0.1, -0.05) is 19.9 Å². The zero-order chi connectivity index (χ0) is 12.4. The van der Waals surface area contributed by atoms with Crippen molar-refractivity contribution in [1.82, 2.24) is 0 Å². The van der Waals surface area contributed by atoms with Crippen molar-refractivity contribution in [2.75, 3.05) is 18.0 Å². The standard InChI is InChI=1S/C14H21FN2/c1-10(2)11-3-4-14(13(15)9-11)17-7-5-12(16)6-8-17/h3-4,9-10,12H,5-8,16H2,1-2H3. The highest BCUT2D eigenvalue weighted by Gasteiger charge is 2.19. The predicted molar refractivity (Wildman–Crippen MR) is 69.9 cm³/mol. The molecule has 0 bridgehead atoms. The average molecular weight is 236 g/mol. The van der Waals surface area contributed by atoms with E-state index < -0.39 is 0 Å². The second kappa shape index (κ2) is 5.05. The van der Waals surface area contributed by atoms with Gasteiger partial charge in [-0.2, -0.15) is 0 Å². The molecule has 0 amide bonds. The second-order valence-corrected chi connectivity index (χ2v) is 5.19. The number of anilines is 1. The van der Waals surface area contributed by atoms with Crippen molar-refractivity contribution in [3.05, 3.63) is 29.6 Å². The molecule has 2 rings (SSSR count). The lowest BCUT2D eigenvalue weighted by Crippen LogP contribution is -2.40. The van der Waals surface area contributed by atoms with Crippen LogP contribution in [0, 0.1) is 5.82 Å². The van der Waals surface area contributed by atoms with Crippen LogP contribution in [0.2, 0.25) is 0 Å². The second-order valence-electron chi connectivity index (χ2n) is 5.19. The van der Waals surface area contributed by atoms with Crippen LogP contribution in [0.15, 0.2) is 18.2 Å². The van der Waals surface area contributed by atoms with Crippen LogP contribution in [0.1, 0.15) is 38.2 Å². The Morgan fingerprint density at radius 1 is 1.29 bits per heavy atom. The zero-order valence-corrected chi connectivity index (χ0v) is 10.6. The third kappa shape index (κ3) is 2.78. The maximum atomic E-state index is 14.0. The first kappa shape index (κ1) is 12.4. The monoisotopic (exact) mass is 236 g/mol. The zero-order valence-electron chi connectivity index (χ0n) is 10.6. The maximum Gasteiger partial charge on any atom is 0.146 e. The van der Waals surface area contributed by atoms with Gasteiger partial charge in [-0.15, -0.1) is 0 Å². The number of hydrogen-bond acceptors (Lipinski definition) is 2. The molecule has 1 aliphatic rings. The maximum absolute atomic E-state index is 14.0. The van der Waals surface area contributed by atoms with Gasteiger partial charge in [0.05, 0.1) is 5.69 Å². The van der Waals surface area contributed by atoms with Crippen molar-refractivity contribution in [1.29, 1.82) is 0 Å². The Morgan fingerprint density at radius 2 is 1.94 bits per heavy atom. The van der Waals surface area contributed by atoms with Crippen molar-refractivity contribution < 1.29 is 4.39 Å². The minimum Gasteiger partial charge on any atom is -0.369 e. The molecule has 2 nitrogen and oxygen atoms in total. The van der Waals surface area contributed by atoms with Gasteiger partial charge in [0.25, 0.3) is 0 Å². The summed E-state index contributed by atoms with van der Waals surface area (Å²) in [5.41, 5.74) is 7.64. The summed E-state index contributed by atoms with van der Waals surface area (Å²) < 4.78 is 14.0. The largest absolute Gasteiger partial charge is 0.369 e. The predicted octanol–water partition coefficient (Wildman–Crippen LogP) is 2.88.